The number of carbonyl (C=O) groups excluding carboxylic acids is 1. The molecule has 2 N–H and O–H groups in total. The van der Waals surface area contributed by atoms with Crippen LogP contribution in [0.4, 0.5) is 0 Å². The smallest absolute Gasteiger partial charge is 0.329 e. The van der Waals surface area contributed by atoms with Gasteiger partial charge in [0, 0.05) is 5.92 Å². The van der Waals surface area contributed by atoms with Crippen LogP contribution in [-0.4, -0.2) is 22.5 Å². The van der Waals surface area contributed by atoms with Gasteiger partial charge < -0.3 is 10.4 Å². The molecule has 0 aromatic carbocycles. The summed E-state index contributed by atoms with van der Waals surface area (Å²) in [5.41, 5.74) is -0.919. The Bertz CT molecular complexity index is 309. The van der Waals surface area contributed by atoms with Gasteiger partial charge in [0.15, 0.2) is 0 Å². The zero-order valence-electron chi connectivity index (χ0n) is 9.66. The number of aliphatic carboxylic acids is 1. The molecule has 2 aliphatic rings. The fourth-order valence-electron chi connectivity index (χ4n) is 2.53. The Morgan fingerprint density at radius 2 is 2.00 bits per heavy atom. The van der Waals surface area contributed by atoms with Crippen LogP contribution in [0.25, 0.3) is 0 Å². The Balaban J connectivity index is 1.90. The van der Waals surface area contributed by atoms with E-state index in [1.54, 1.807) is 0 Å². The van der Waals surface area contributed by atoms with Crippen molar-refractivity contribution < 1.29 is 14.7 Å². The van der Waals surface area contributed by atoms with E-state index in [2.05, 4.69) is 12.2 Å². The van der Waals surface area contributed by atoms with Gasteiger partial charge in [-0.25, -0.2) is 4.79 Å². The lowest BCUT2D eigenvalue weighted by Crippen LogP contribution is -2.46. The van der Waals surface area contributed by atoms with E-state index in [1.807, 2.05) is 0 Å². The Morgan fingerprint density at radius 1 is 1.31 bits per heavy atom. The summed E-state index contributed by atoms with van der Waals surface area (Å²) >= 11 is 0. The van der Waals surface area contributed by atoms with Crippen LogP contribution in [0, 0.1) is 11.8 Å². The first-order valence-corrected chi connectivity index (χ1v) is 6.09. The molecule has 2 fully saturated rings. The molecule has 0 saturated heterocycles. The molecule has 0 aromatic rings. The first kappa shape index (κ1) is 11.4. The maximum Gasteiger partial charge on any atom is 0.329 e. The minimum absolute atomic E-state index is 0.0283. The monoisotopic (exact) mass is 225 g/mol. The molecule has 4 nitrogen and oxygen atoms in total. The normalized spacial score (nSPS) is 31.8. The number of hydrogen-bond acceptors (Lipinski definition) is 2. The van der Waals surface area contributed by atoms with Crippen LogP contribution in [0.3, 0.4) is 0 Å². The molecule has 0 radical (unpaired) electrons. The molecule has 4 heteroatoms. The van der Waals surface area contributed by atoms with Crippen LogP contribution in [0.2, 0.25) is 0 Å². The zero-order chi connectivity index (χ0) is 11.8. The third-order valence-corrected chi connectivity index (χ3v) is 3.83. The highest BCUT2D eigenvalue weighted by molar-refractivity contribution is 5.90. The molecule has 16 heavy (non-hydrogen) atoms. The quantitative estimate of drug-likeness (QED) is 0.765. The molecule has 2 unspecified atom stereocenters. The second kappa shape index (κ2) is 4.07. The van der Waals surface area contributed by atoms with Crippen molar-refractivity contribution in [3.05, 3.63) is 0 Å². The number of hydrogen-bond donors (Lipinski definition) is 2. The molecule has 0 aromatic heterocycles. The fraction of sp³-hybridized carbons (Fsp3) is 0.833. The van der Waals surface area contributed by atoms with Crippen LogP contribution in [-0.2, 0) is 9.59 Å². The number of carboxylic acid groups (broad SMARTS) is 1. The van der Waals surface area contributed by atoms with E-state index in [1.165, 1.54) is 6.42 Å². The summed E-state index contributed by atoms with van der Waals surface area (Å²) < 4.78 is 0. The van der Waals surface area contributed by atoms with Crippen molar-refractivity contribution in [1.29, 1.82) is 0 Å². The summed E-state index contributed by atoms with van der Waals surface area (Å²) in [7, 11) is 0. The van der Waals surface area contributed by atoms with Crippen molar-refractivity contribution in [2.45, 2.75) is 51.0 Å². The maximum atomic E-state index is 11.9. The molecule has 0 heterocycles. The topological polar surface area (TPSA) is 66.4 Å². The van der Waals surface area contributed by atoms with Crippen molar-refractivity contribution in [2.75, 3.05) is 0 Å². The van der Waals surface area contributed by atoms with Crippen LogP contribution in [0.5, 0.6) is 0 Å². The lowest BCUT2D eigenvalue weighted by atomic mass is 9.82. The molecule has 2 saturated carbocycles. The fourth-order valence-corrected chi connectivity index (χ4v) is 2.53. The summed E-state index contributed by atoms with van der Waals surface area (Å²) in [6, 6.07) is 0. The van der Waals surface area contributed by atoms with E-state index in [-0.39, 0.29) is 11.8 Å². The average molecular weight is 225 g/mol. The molecule has 90 valence electrons. The lowest BCUT2D eigenvalue weighted by molar-refractivity contribution is -0.144. The van der Waals surface area contributed by atoms with Gasteiger partial charge in [-0.15, -0.1) is 0 Å². The minimum Gasteiger partial charge on any atom is -0.480 e. The first-order valence-electron chi connectivity index (χ1n) is 6.09. The maximum absolute atomic E-state index is 11.9. The Kier molecular flexibility index (Phi) is 2.91. The molecule has 2 rings (SSSR count). The second-order valence-corrected chi connectivity index (χ2v) is 5.35. The second-order valence-electron chi connectivity index (χ2n) is 5.35. The lowest BCUT2D eigenvalue weighted by Gasteiger charge is -2.27. The largest absolute Gasteiger partial charge is 0.480 e. The summed E-state index contributed by atoms with van der Waals surface area (Å²) in [5, 5.41) is 11.7. The Morgan fingerprint density at radius 3 is 2.50 bits per heavy atom. The molecule has 0 spiro atoms. The van der Waals surface area contributed by atoms with Gasteiger partial charge in [0.2, 0.25) is 5.91 Å². The van der Waals surface area contributed by atoms with Gasteiger partial charge in [-0.2, -0.15) is 0 Å². The van der Waals surface area contributed by atoms with Crippen molar-refractivity contribution >= 4 is 11.9 Å². The van der Waals surface area contributed by atoms with E-state index in [4.69, 9.17) is 5.11 Å². The van der Waals surface area contributed by atoms with Crippen molar-refractivity contribution in [1.82, 2.24) is 5.32 Å². The van der Waals surface area contributed by atoms with Crippen LogP contribution in [0.15, 0.2) is 0 Å². The van der Waals surface area contributed by atoms with Gasteiger partial charge in [-0.1, -0.05) is 19.8 Å². The van der Waals surface area contributed by atoms with Crippen LogP contribution >= 0.6 is 0 Å². The minimum atomic E-state index is -0.919. The highest BCUT2D eigenvalue weighted by Crippen LogP contribution is 2.37. The summed E-state index contributed by atoms with van der Waals surface area (Å²) in [6.45, 7) is 2.16. The SMILES string of the molecule is CC1CCCC(C(=O)NC2(C(=O)O)CC2)C1. The van der Waals surface area contributed by atoms with E-state index in [0.717, 1.165) is 19.3 Å². The van der Waals surface area contributed by atoms with E-state index < -0.39 is 11.5 Å². The van der Waals surface area contributed by atoms with E-state index >= 15 is 0 Å². The van der Waals surface area contributed by atoms with Gasteiger partial charge >= 0.3 is 5.97 Å². The predicted molar refractivity (Wildman–Crippen MR) is 58.9 cm³/mol. The summed E-state index contributed by atoms with van der Waals surface area (Å²) in [6.07, 6.45) is 5.24. The molecular formula is C12H19NO3. The van der Waals surface area contributed by atoms with Crippen molar-refractivity contribution in [3.63, 3.8) is 0 Å². The molecule has 1 amide bonds. The van der Waals surface area contributed by atoms with E-state index in [0.29, 0.717) is 18.8 Å². The number of amides is 1. The zero-order valence-corrected chi connectivity index (χ0v) is 9.66. The highest BCUT2D eigenvalue weighted by atomic mass is 16.4. The molecule has 2 atom stereocenters. The van der Waals surface area contributed by atoms with Gasteiger partial charge in [-0.3, -0.25) is 4.79 Å². The summed E-state index contributed by atoms with van der Waals surface area (Å²) in [4.78, 5) is 22.9. The van der Waals surface area contributed by atoms with Gasteiger partial charge in [0.25, 0.3) is 0 Å². The Labute approximate surface area is 95.4 Å². The average Bonchev–Trinajstić information content (AvgIpc) is 2.99. The number of carboxylic acids is 1. The number of carbonyl (C=O) groups is 2. The molecule has 0 bridgehead atoms. The number of rotatable bonds is 3. The van der Waals surface area contributed by atoms with E-state index in [9.17, 15) is 9.59 Å². The van der Waals surface area contributed by atoms with Crippen LogP contribution in [0.1, 0.15) is 45.4 Å². The highest BCUT2D eigenvalue weighted by Gasteiger charge is 2.52. The number of nitrogens with one attached hydrogen (secondary N) is 1. The summed E-state index contributed by atoms with van der Waals surface area (Å²) in [5.74, 6) is -0.318. The van der Waals surface area contributed by atoms with Gasteiger partial charge in [-0.05, 0) is 31.6 Å². The first-order chi connectivity index (χ1) is 7.53. The third-order valence-electron chi connectivity index (χ3n) is 3.83. The van der Waals surface area contributed by atoms with Gasteiger partial charge in [0.1, 0.15) is 5.54 Å². The third kappa shape index (κ3) is 2.20. The predicted octanol–water partition coefficient (Wildman–Crippen LogP) is 1.55. The van der Waals surface area contributed by atoms with Crippen molar-refractivity contribution in [3.8, 4) is 0 Å². The standard InChI is InChI=1S/C12H19NO3/c1-8-3-2-4-9(7-8)10(14)13-12(5-6-12)11(15)16/h8-9H,2-7H2,1H3,(H,13,14)(H,15,16). The Hall–Kier alpha value is -1.06. The molecular weight excluding hydrogens is 206 g/mol. The van der Waals surface area contributed by atoms with Crippen LogP contribution < -0.4 is 5.32 Å². The van der Waals surface area contributed by atoms with Crippen molar-refractivity contribution in [2.24, 2.45) is 11.8 Å². The molecule has 2 aliphatic carbocycles. The van der Waals surface area contributed by atoms with Gasteiger partial charge in [0.05, 0.1) is 0 Å². The molecule has 0 aliphatic heterocycles.